The summed E-state index contributed by atoms with van der Waals surface area (Å²) in [5, 5.41) is 4.05. The lowest BCUT2D eigenvalue weighted by molar-refractivity contribution is 0.325. The molecule has 2 aromatic rings. The van der Waals surface area contributed by atoms with Crippen molar-refractivity contribution in [2.75, 3.05) is 0 Å². The van der Waals surface area contributed by atoms with Gasteiger partial charge in [0.15, 0.2) is 11.7 Å². The molecule has 2 aromatic heterocycles. The summed E-state index contributed by atoms with van der Waals surface area (Å²) in [6, 6.07) is 0. The van der Waals surface area contributed by atoms with E-state index in [0.717, 1.165) is 17.4 Å². The van der Waals surface area contributed by atoms with Crippen molar-refractivity contribution in [3.63, 3.8) is 0 Å². The van der Waals surface area contributed by atoms with Gasteiger partial charge >= 0.3 is 0 Å². The van der Waals surface area contributed by atoms with Gasteiger partial charge in [-0.1, -0.05) is 31.8 Å². The van der Waals surface area contributed by atoms with Crippen LogP contribution in [0.1, 0.15) is 88.5 Å². The fourth-order valence-electron chi connectivity index (χ4n) is 2.77. The molecule has 21 heavy (non-hydrogen) atoms. The Balaban J connectivity index is 1.86. The molecule has 1 aliphatic carbocycles. The van der Waals surface area contributed by atoms with E-state index in [0.29, 0.717) is 11.8 Å². The Hall–Kier alpha value is -1.65. The van der Waals surface area contributed by atoms with Gasteiger partial charge in [-0.25, -0.2) is 4.98 Å². The van der Waals surface area contributed by atoms with Crippen LogP contribution in [0, 0.1) is 0 Å². The monoisotopic (exact) mass is 289 g/mol. The van der Waals surface area contributed by atoms with Crippen molar-refractivity contribution in [2.45, 2.75) is 70.6 Å². The molecule has 0 bridgehead atoms. The van der Waals surface area contributed by atoms with E-state index in [1.54, 1.807) is 6.26 Å². The number of hydrogen-bond acceptors (Lipinski definition) is 5. The molecule has 1 fully saturated rings. The Morgan fingerprint density at radius 2 is 1.90 bits per heavy atom. The van der Waals surface area contributed by atoms with Crippen molar-refractivity contribution < 1.29 is 8.94 Å². The van der Waals surface area contributed by atoms with Gasteiger partial charge in [-0.05, 0) is 26.7 Å². The number of hydrogen-bond donors (Lipinski definition) is 0. The second-order valence-corrected chi connectivity index (χ2v) is 6.79. The topological polar surface area (TPSA) is 65.0 Å². The predicted molar refractivity (Wildman–Crippen MR) is 78.2 cm³/mol. The van der Waals surface area contributed by atoms with Crippen molar-refractivity contribution in [3.8, 4) is 0 Å². The van der Waals surface area contributed by atoms with E-state index >= 15 is 0 Å². The first-order valence-corrected chi connectivity index (χ1v) is 7.78. The zero-order valence-corrected chi connectivity index (χ0v) is 13.2. The normalized spacial score (nSPS) is 17.0. The van der Waals surface area contributed by atoms with Crippen LogP contribution in [0.3, 0.4) is 0 Å². The molecule has 0 amide bonds. The largest absolute Gasteiger partial charge is 0.448 e. The van der Waals surface area contributed by atoms with Crippen LogP contribution in [0.25, 0.3) is 0 Å². The maximum Gasteiger partial charge on any atom is 0.238 e. The first kappa shape index (κ1) is 14.3. The summed E-state index contributed by atoms with van der Waals surface area (Å²) in [5.74, 6) is 2.92. The molecule has 0 atom stereocenters. The van der Waals surface area contributed by atoms with Crippen molar-refractivity contribution in [1.82, 2.24) is 15.1 Å². The number of aromatic nitrogens is 3. The van der Waals surface area contributed by atoms with E-state index in [1.807, 2.05) is 13.8 Å². The molecule has 0 radical (unpaired) electrons. The summed E-state index contributed by atoms with van der Waals surface area (Å²) in [6.07, 6.45) is 6.64. The Morgan fingerprint density at radius 3 is 2.52 bits per heavy atom. The Labute approximate surface area is 125 Å². The molecule has 5 nitrogen and oxygen atoms in total. The minimum atomic E-state index is -0.430. The first-order chi connectivity index (χ1) is 9.98. The van der Waals surface area contributed by atoms with Crippen LogP contribution < -0.4 is 0 Å². The summed E-state index contributed by atoms with van der Waals surface area (Å²) in [6.45, 7) is 8.19. The summed E-state index contributed by atoms with van der Waals surface area (Å²) in [4.78, 5) is 9.21. The van der Waals surface area contributed by atoms with Gasteiger partial charge in [0.05, 0.1) is 11.1 Å². The molecule has 2 heterocycles. The van der Waals surface area contributed by atoms with Crippen LogP contribution >= 0.6 is 0 Å². The molecule has 0 spiro atoms. The third kappa shape index (κ3) is 2.61. The second-order valence-electron chi connectivity index (χ2n) is 6.79. The lowest BCUT2D eigenvalue weighted by atomic mass is 9.90. The highest BCUT2D eigenvalue weighted by Crippen LogP contribution is 2.36. The molecule has 0 aliphatic heterocycles. The minimum Gasteiger partial charge on any atom is -0.448 e. The molecule has 0 N–H and O–H groups in total. The van der Waals surface area contributed by atoms with Crippen LogP contribution in [0.5, 0.6) is 0 Å². The van der Waals surface area contributed by atoms with E-state index in [9.17, 15) is 0 Å². The smallest absolute Gasteiger partial charge is 0.238 e. The van der Waals surface area contributed by atoms with Crippen LogP contribution in [0.15, 0.2) is 15.2 Å². The maximum absolute atomic E-state index is 5.71. The third-order valence-corrected chi connectivity index (χ3v) is 4.36. The van der Waals surface area contributed by atoms with E-state index in [-0.39, 0.29) is 5.92 Å². The van der Waals surface area contributed by atoms with E-state index in [1.165, 1.54) is 25.7 Å². The highest BCUT2D eigenvalue weighted by Gasteiger charge is 2.34. The molecule has 1 aliphatic rings. The van der Waals surface area contributed by atoms with Crippen molar-refractivity contribution >= 4 is 0 Å². The lowest BCUT2D eigenvalue weighted by Gasteiger charge is -2.16. The fourth-order valence-corrected chi connectivity index (χ4v) is 2.77. The van der Waals surface area contributed by atoms with Crippen LogP contribution in [0.4, 0.5) is 0 Å². The van der Waals surface area contributed by atoms with E-state index in [2.05, 4.69) is 24.0 Å². The lowest BCUT2D eigenvalue weighted by Crippen LogP contribution is -2.20. The van der Waals surface area contributed by atoms with Crippen molar-refractivity contribution in [2.24, 2.45) is 0 Å². The zero-order chi connectivity index (χ0) is 15.0. The first-order valence-electron chi connectivity index (χ1n) is 7.78. The predicted octanol–water partition coefficient (Wildman–Crippen LogP) is 4.16. The van der Waals surface area contributed by atoms with Gasteiger partial charge in [-0.3, -0.25) is 0 Å². The molecule has 0 unspecified atom stereocenters. The number of nitrogens with zero attached hydrogens (tertiary/aromatic N) is 3. The summed E-state index contributed by atoms with van der Waals surface area (Å²) in [5.41, 5.74) is 0.434. The Bertz CT molecular complexity index is 607. The quantitative estimate of drug-likeness (QED) is 0.845. The highest BCUT2D eigenvalue weighted by atomic mass is 16.5. The van der Waals surface area contributed by atoms with Crippen LogP contribution in [0.2, 0.25) is 0 Å². The molecule has 1 saturated carbocycles. The van der Waals surface area contributed by atoms with Gasteiger partial charge in [0.1, 0.15) is 6.26 Å². The van der Waals surface area contributed by atoms with Gasteiger partial charge in [0.2, 0.25) is 5.89 Å². The van der Waals surface area contributed by atoms with Gasteiger partial charge in [0, 0.05) is 11.8 Å². The maximum atomic E-state index is 5.71. The van der Waals surface area contributed by atoms with Gasteiger partial charge in [-0.15, -0.1) is 0 Å². The van der Waals surface area contributed by atoms with Crippen LogP contribution in [-0.2, 0) is 5.41 Å². The number of rotatable bonds is 4. The molecular formula is C16H23N3O2. The molecule has 114 valence electrons. The third-order valence-electron chi connectivity index (χ3n) is 4.36. The molecule has 0 aromatic carbocycles. The number of oxazole rings is 1. The highest BCUT2D eigenvalue weighted by molar-refractivity contribution is 5.21. The van der Waals surface area contributed by atoms with E-state index in [4.69, 9.17) is 13.9 Å². The molecule has 3 rings (SSSR count). The molecule has 0 saturated heterocycles. The van der Waals surface area contributed by atoms with E-state index < -0.39 is 5.41 Å². The van der Waals surface area contributed by atoms with Crippen LogP contribution in [-0.4, -0.2) is 15.1 Å². The average molecular weight is 289 g/mol. The average Bonchev–Trinajstić information content (AvgIpc) is 3.19. The standard InChI is InChI=1S/C16H23N3O2/c1-10(2)13-18-15(21-19-13)16(3,4)12-9-20-14(17-12)11-7-5-6-8-11/h9-11H,5-8H2,1-4H3. The molecule has 5 heteroatoms. The molecular weight excluding hydrogens is 266 g/mol. The SMILES string of the molecule is CC(C)c1noc(C(C)(C)c2coc(C3CCCC3)n2)n1. The summed E-state index contributed by atoms with van der Waals surface area (Å²) >= 11 is 0. The van der Waals surface area contributed by atoms with Crippen molar-refractivity contribution in [3.05, 3.63) is 29.6 Å². The second kappa shape index (κ2) is 5.28. The summed E-state index contributed by atoms with van der Waals surface area (Å²) in [7, 11) is 0. The Kier molecular flexibility index (Phi) is 3.59. The van der Waals surface area contributed by atoms with Gasteiger partial charge in [-0.2, -0.15) is 4.98 Å². The fraction of sp³-hybridized carbons (Fsp3) is 0.688. The minimum absolute atomic E-state index is 0.254. The summed E-state index contributed by atoms with van der Waals surface area (Å²) < 4.78 is 11.1. The van der Waals surface area contributed by atoms with Gasteiger partial charge < -0.3 is 8.94 Å². The zero-order valence-electron chi connectivity index (χ0n) is 13.2. The Morgan fingerprint density at radius 1 is 1.19 bits per heavy atom. The van der Waals surface area contributed by atoms with Gasteiger partial charge in [0.25, 0.3) is 0 Å². The van der Waals surface area contributed by atoms with Crippen molar-refractivity contribution in [1.29, 1.82) is 0 Å².